The molecule has 9 heteroatoms. The van der Waals surface area contributed by atoms with Crippen LogP contribution in [-0.4, -0.2) is 47.4 Å². The van der Waals surface area contributed by atoms with Gasteiger partial charge in [-0.25, -0.2) is 0 Å². The fourth-order valence-corrected chi connectivity index (χ4v) is 4.27. The summed E-state index contributed by atoms with van der Waals surface area (Å²) in [5, 5.41) is 17.0. The Balaban J connectivity index is 1.67. The smallest absolute Gasteiger partial charge is 0.249 e. The third-order valence-corrected chi connectivity index (χ3v) is 6.40. The minimum atomic E-state index is -0.985. The lowest BCUT2D eigenvalue weighted by atomic mass is 9.84. The number of anilines is 2. The van der Waals surface area contributed by atoms with E-state index in [1.165, 1.54) is 0 Å². The Bertz CT molecular complexity index is 851. The number of amides is 2. The van der Waals surface area contributed by atoms with Crippen molar-refractivity contribution in [3.63, 3.8) is 0 Å². The molecule has 3 rings (SSSR count). The largest absolute Gasteiger partial charge is 0.389 e. The standard InChI is InChI=1S/C21H27Cl2N3O4/c1-12(2)18(27)11-21(30)5-7-26(8-6-21)17-10-13(22)16(9-14(17)23)24-15-3-4-19(28)25-20(15)29/h9-10,12,15,24,30H,3-8,11H2,1-2H3,(H,25,28,29). The van der Waals surface area contributed by atoms with Gasteiger partial charge in [0.15, 0.2) is 0 Å². The van der Waals surface area contributed by atoms with Crippen molar-refractivity contribution in [3.8, 4) is 0 Å². The van der Waals surface area contributed by atoms with Crippen LogP contribution in [0.1, 0.15) is 46.0 Å². The molecule has 2 heterocycles. The second-order valence-corrected chi connectivity index (χ2v) is 9.26. The number of benzene rings is 1. The first-order valence-electron chi connectivity index (χ1n) is 10.2. The van der Waals surface area contributed by atoms with E-state index in [9.17, 15) is 19.5 Å². The minimum absolute atomic E-state index is 0.0657. The molecular weight excluding hydrogens is 429 g/mol. The predicted octanol–water partition coefficient (Wildman–Crippen LogP) is 3.16. The van der Waals surface area contributed by atoms with Gasteiger partial charge in [-0.3, -0.25) is 19.7 Å². The average Bonchev–Trinajstić information content (AvgIpc) is 2.67. The van der Waals surface area contributed by atoms with Gasteiger partial charge in [0.05, 0.1) is 27.0 Å². The fraction of sp³-hybridized carbons (Fsp3) is 0.571. The Labute approximate surface area is 186 Å². The number of rotatable bonds is 6. The van der Waals surface area contributed by atoms with E-state index in [2.05, 4.69) is 10.6 Å². The molecule has 3 N–H and O–H groups in total. The second-order valence-electron chi connectivity index (χ2n) is 8.44. The van der Waals surface area contributed by atoms with E-state index in [0.717, 1.165) is 5.69 Å². The highest BCUT2D eigenvalue weighted by atomic mass is 35.5. The van der Waals surface area contributed by atoms with E-state index in [1.807, 2.05) is 18.7 Å². The summed E-state index contributed by atoms with van der Waals surface area (Å²) < 4.78 is 0. The van der Waals surface area contributed by atoms with Crippen LogP contribution in [0.2, 0.25) is 10.0 Å². The van der Waals surface area contributed by atoms with Gasteiger partial charge in [0.1, 0.15) is 11.8 Å². The summed E-state index contributed by atoms with van der Waals surface area (Å²) in [6, 6.07) is 2.86. The number of nitrogens with one attached hydrogen (secondary N) is 2. The maximum atomic E-state index is 12.0. The van der Waals surface area contributed by atoms with Crippen molar-refractivity contribution in [2.45, 2.75) is 57.6 Å². The lowest BCUT2D eigenvalue weighted by Gasteiger charge is -2.39. The van der Waals surface area contributed by atoms with Crippen LogP contribution in [0.25, 0.3) is 0 Å². The number of carbonyl (C=O) groups excluding carboxylic acids is 3. The molecule has 7 nitrogen and oxygen atoms in total. The van der Waals surface area contributed by atoms with Crippen molar-refractivity contribution in [3.05, 3.63) is 22.2 Å². The van der Waals surface area contributed by atoms with Gasteiger partial charge in [-0.05, 0) is 31.4 Å². The molecule has 2 saturated heterocycles. The van der Waals surface area contributed by atoms with E-state index >= 15 is 0 Å². The molecule has 1 unspecified atom stereocenters. The van der Waals surface area contributed by atoms with Gasteiger partial charge in [0.2, 0.25) is 11.8 Å². The number of carbonyl (C=O) groups is 3. The van der Waals surface area contributed by atoms with Gasteiger partial charge in [-0.1, -0.05) is 37.0 Å². The molecule has 2 amide bonds. The van der Waals surface area contributed by atoms with Gasteiger partial charge >= 0.3 is 0 Å². The summed E-state index contributed by atoms with van der Waals surface area (Å²) in [4.78, 5) is 37.4. The Kier molecular flexibility index (Phi) is 6.95. The zero-order chi connectivity index (χ0) is 22.1. The first-order chi connectivity index (χ1) is 14.1. The number of nitrogens with zero attached hydrogens (tertiary/aromatic N) is 1. The molecule has 2 aliphatic rings. The lowest BCUT2D eigenvalue weighted by molar-refractivity contribution is -0.133. The van der Waals surface area contributed by atoms with Crippen molar-refractivity contribution in [2.24, 2.45) is 5.92 Å². The molecule has 2 aliphatic heterocycles. The third kappa shape index (κ3) is 5.25. The highest BCUT2D eigenvalue weighted by Gasteiger charge is 2.35. The fourth-order valence-electron chi connectivity index (χ4n) is 3.78. The zero-order valence-corrected chi connectivity index (χ0v) is 18.6. The number of hydrogen-bond acceptors (Lipinski definition) is 6. The Hall–Kier alpha value is -1.83. The van der Waals surface area contributed by atoms with Crippen molar-refractivity contribution >= 4 is 52.2 Å². The molecule has 0 spiro atoms. The number of aliphatic hydroxyl groups is 1. The summed E-state index contributed by atoms with van der Waals surface area (Å²) in [6.07, 6.45) is 1.76. The van der Waals surface area contributed by atoms with Crippen LogP contribution in [0.3, 0.4) is 0 Å². The van der Waals surface area contributed by atoms with Gasteiger partial charge in [0.25, 0.3) is 0 Å². The number of imide groups is 1. The maximum absolute atomic E-state index is 12.0. The zero-order valence-electron chi connectivity index (χ0n) is 17.1. The average molecular weight is 456 g/mol. The summed E-state index contributed by atoms with van der Waals surface area (Å²) in [5.74, 6) is -0.688. The van der Waals surface area contributed by atoms with Crippen LogP contribution in [-0.2, 0) is 14.4 Å². The topological polar surface area (TPSA) is 98.7 Å². The van der Waals surface area contributed by atoms with Crippen molar-refractivity contribution in [1.82, 2.24) is 5.32 Å². The third-order valence-electron chi connectivity index (χ3n) is 5.79. The molecule has 0 radical (unpaired) electrons. The van der Waals surface area contributed by atoms with Crippen molar-refractivity contribution < 1.29 is 19.5 Å². The van der Waals surface area contributed by atoms with Gasteiger partial charge < -0.3 is 15.3 Å². The first kappa shape index (κ1) is 22.8. The van der Waals surface area contributed by atoms with Gasteiger partial charge in [0, 0.05) is 31.8 Å². The molecule has 164 valence electrons. The van der Waals surface area contributed by atoms with Crippen LogP contribution in [0.4, 0.5) is 11.4 Å². The van der Waals surface area contributed by atoms with Crippen LogP contribution < -0.4 is 15.5 Å². The van der Waals surface area contributed by atoms with Crippen LogP contribution in [0.5, 0.6) is 0 Å². The Morgan fingerprint density at radius 2 is 1.93 bits per heavy atom. The van der Waals surface area contributed by atoms with Crippen molar-refractivity contribution in [2.75, 3.05) is 23.3 Å². The summed E-state index contributed by atoms with van der Waals surface area (Å²) in [5.41, 5.74) is 0.283. The highest BCUT2D eigenvalue weighted by Crippen LogP contribution is 2.38. The van der Waals surface area contributed by atoms with Crippen LogP contribution in [0, 0.1) is 5.92 Å². The van der Waals surface area contributed by atoms with E-state index in [-0.39, 0.29) is 36.4 Å². The van der Waals surface area contributed by atoms with E-state index < -0.39 is 11.6 Å². The Morgan fingerprint density at radius 3 is 2.53 bits per heavy atom. The van der Waals surface area contributed by atoms with Crippen LogP contribution >= 0.6 is 23.2 Å². The summed E-state index contributed by atoms with van der Waals surface area (Å²) in [7, 11) is 0. The number of hydrogen-bond donors (Lipinski definition) is 3. The molecular formula is C21H27Cl2N3O4. The maximum Gasteiger partial charge on any atom is 0.249 e. The van der Waals surface area contributed by atoms with E-state index in [4.69, 9.17) is 23.2 Å². The molecule has 1 aromatic rings. The quantitative estimate of drug-likeness (QED) is 0.569. The molecule has 1 aromatic carbocycles. The molecule has 2 fully saturated rings. The number of Topliss-reactive ketones (excluding diaryl/α,β-unsaturated/α-hetero) is 1. The molecule has 1 atom stereocenters. The van der Waals surface area contributed by atoms with E-state index in [1.54, 1.807) is 12.1 Å². The summed E-state index contributed by atoms with van der Waals surface area (Å²) >= 11 is 12.9. The number of piperidine rings is 2. The molecule has 0 bridgehead atoms. The van der Waals surface area contributed by atoms with Crippen LogP contribution in [0.15, 0.2) is 12.1 Å². The molecule has 0 saturated carbocycles. The van der Waals surface area contributed by atoms with Gasteiger partial charge in [-0.2, -0.15) is 0 Å². The first-order valence-corrected chi connectivity index (χ1v) is 10.9. The molecule has 30 heavy (non-hydrogen) atoms. The van der Waals surface area contributed by atoms with Crippen molar-refractivity contribution in [1.29, 1.82) is 0 Å². The normalized spacial score (nSPS) is 21.5. The van der Waals surface area contributed by atoms with Gasteiger partial charge in [-0.15, -0.1) is 0 Å². The highest BCUT2D eigenvalue weighted by molar-refractivity contribution is 6.37. The monoisotopic (exact) mass is 455 g/mol. The molecule has 0 aliphatic carbocycles. The minimum Gasteiger partial charge on any atom is -0.389 e. The molecule has 0 aromatic heterocycles. The predicted molar refractivity (Wildman–Crippen MR) is 117 cm³/mol. The SMILES string of the molecule is CC(C)C(=O)CC1(O)CCN(c2cc(Cl)c(NC3CCC(=O)NC3=O)cc2Cl)CC1. The Morgan fingerprint density at radius 1 is 1.27 bits per heavy atom. The second kappa shape index (κ2) is 9.12. The number of halogens is 2. The number of ketones is 1. The van der Waals surface area contributed by atoms with E-state index in [0.29, 0.717) is 48.1 Å². The summed E-state index contributed by atoms with van der Waals surface area (Å²) in [6.45, 7) is 4.79. The lowest BCUT2D eigenvalue weighted by Crippen LogP contribution is -2.47.